The fraction of sp³-hybridized carbons (Fsp3) is 0.526. The minimum Gasteiger partial charge on any atom is -0.357 e. The maximum Gasteiger partial charge on any atom is 0.191 e. The summed E-state index contributed by atoms with van der Waals surface area (Å²) in [4.78, 5) is 11.3. The van der Waals surface area contributed by atoms with Crippen molar-refractivity contribution in [2.45, 2.75) is 32.9 Å². The number of hydrogen-bond donors (Lipinski definition) is 2. The Hall–Kier alpha value is -2.41. The first kappa shape index (κ1) is 18.4. The Morgan fingerprint density at radius 2 is 2.08 bits per heavy atom. The van der Waals surface area contributed by atoms with Gasteiger partial charge in [0.1, 0.15) is 18.7 Å². The van der Waals surface area contributed by atoms with Crippen molar-refractivity contribution in [3.8, 4) is 0 Å². The molecule has 0 spiro atoms. The molecule has 0 unspecified atom stereocenters. The third-order valence-electron chi connectivity index (χ3n) is 4.68. The van der Waals surface area contributed by atoms with Gasteiger partial charge in [0.25, 0.3) is 0 Å². The molecule has 0 bridgehead atoms. The lowest BCUT2D eigenvalue weighted by molar-refractivity contribution is 0.251. The highest BCUT2D eigenvalue weighted by atomic mass is 15.3. The van der Waals surface area contributed by atoms with Crippen molar-refractivity contribution in [2.24, 2.45) is 12.0 Å². The van der Waals surface area contributed by atoms with Gasteiger partial charge in [-0.25, -0.2) is 9.98 Å². The molecule has 1 aliphatic heterocycles. The van der Waals surface area contributed by atoms with Gasteiger partial charge in [0, 0.05) is 39.8 Å². The molecule has 0 fully saturated rings. The van der Waals surface area contributed by atoms with E-state index in [1.807, 2.05) is 7.05 Å². The van der Waals surface area contributed by atoms with Crippen LogP contribution >= 0.6 is 0 Å². The second kappa shape index (κ2) is 9.33. The minimum absolute atomic E-state index is 0.523. The van der Waals surface area contributed by atoms with Gasteiger partial charge in [-0.15, -0.1) is 0 Å². The fourth-order valence-corrected chi connectivity index (χ4v) is 3.21. The third kappa shape index (κ3) is 5.05. The van der Waals surface area contributed by atoms with Crippen LogP contribution in [0, 0.1) is 0 Å². The standard InChI is InChI=1S/C19H29N7/c1-3-20-19(22-13-18-23-15-24-25(18)2)21-10-6-11-26-12-9-16-7-4-5-8-17(16)14-26/h4-5,7-8,15H,3,6,9-14H2,1-2H3,(H2,20,21,22). The monoisotopic (exact) mass is 355 g/mol. The van der Waals surface area contributed by atoms with Gasteiger partial charge in [-0.1, -0.05) is 24.3 Å². The highest BCUT2D eigenvalue weighted by Gasteiger charge is 2.14. The molecule has 1 aromatic carbocycles. The summed E-state index contributed by atoms with van der Waals surface area (Å²) in [5, 5.41) is 10.8. The molecule has 2 N–H and O–H groups in total. The molecule has 7 heteroatoms. The average molecular weight is 355 g/mol. The minimum atomic E-state index is 0.523. The van der Waals surface area contributed by atoms with Crippen LogP contribution in [0.2, 0.25) is 0 Å². The summed E-state index contributed by atoms with van der Waals surface area (Å²) >= 11 is 0. The molecule has 7 nitrogen and oxygen atoms in total. The molecule has 140 valence electrons. The quantitative estimate of drug-likeness (QED) is 0.445. The van der Waals surface area contributed by atoms with E-state index in [4.69, 9.17) is 0 Å². The van der Waals surface area contributed by atoms with Crippen LogP contribution in [-0.2, 0) is 26.6 Å². The van der Waals surface area contributed by atoms with Crippen molar-refractivity contribution in [3.63, 3.8) is 0 Å². The van der Waals surface area contributed by atoms with Gasteiger partial charge in [0.2, 0.25) is 0 Å². The number of rotatable bonds is 7. The van der Waals surface area contributed by atoms with Crippen LogP contribution in [0.4, 0.5) is 0 Å². The molecule has 26 heavy (non-hydrogen) atoms. The average Bonchev–Trinajstić information content (AvgIpc) is 3.08. The van der Waals surface area contributed by atoms with E-state index in [1.54, 1.807) is 11.0 Å². The van der Waals surface area contributed by atoms with Crippen LogP contribution < -0.4 is 10.6 Å². The van der Waals surface area contributed by atoms with Gasteiger partial charge in [0.05, 0.1) is 0 Å². The summed E-state index contributed by atoms with van der Waals surface area (Å²) in [6.07, 6.45) is 3.81. The van der Waals surface area contributed by atoms with Gasteiger partial charge < -0.3 is 10.6 Å². The lowest BCUT2D eigenvalue weighted by atomic mass is 10.00. The number of fused-ring (bicyclic) bond motifs is 1. The molecule has 1 aliphatic rings. The van der Waals surface area contributed by atoms with Gasteiger partial charge in [0.15, 0.2) is 5.96 Å². The summed E-state index contributed by atoms with van der Waals surface area (Å²) in [6.45, 7) is 7.66. The number of aryl methyl sites for hydroxylation is 1. The zero-order chi connectivity index (χ0) is 18.2. The molecule has 0 amide bonds. The molecule has 2 heterocycles. The van der Waals surface area contributed by atoms with E-state index in [-0.39, 0.29) is 0 Å². The van der Waals surface area contributed by atoms with Crippen LogP contribution in [-0.4, -0.2) is 51.8 Å². The Morgan fingerprint density at radius 3 is 2.85 bits per heavy atom. The molecular weight excluding hydrogens is 326 g/mol. The topological polar surface area (TPSA) is 70.4 Å². The van der Waals surface area contributed by atoms with E-state index in [9.17, 15) is 0 Å². The number of nitrogens with zero attached hydrogens (tertiary/aromatic N) is 5. The zero-order valence-corrected chi connectivity index (χ0v) is 15.8. The number of benzene rings is 1. The van der Waals surface area contributed by atoms with Crippen molar-refractivity contribution in [1.29, 1.82) is 0 Å². The Balaban J connectivity index is 1.42. The summed E-state index contributed by atoms with van der Waals surface area (Å²) in [7, 11) is 1.88. The molecular formula is C19H29N7. The van der Waals surface area contributed by atoms with Gasteiger partial charge in [-0.3, -0.25) is 9.58 Å². The Kier molecular flexibility index (Phi) is 6.60. The van der Waals surface area contributed by atoms with Crippen LogP contribution in [0.3, 0.4) is 0 Å². The summed E-state index contributed by atoms with van der Waals surface area (Å²) in [6, 6.07) is 8.79. The molecule has 1 aromatic heterocycles. The normalized spacial score (nSPS) is 14.9. The molecule has 0 saturated heterocycles. The van der Waals surface area contributed by atoms with Crippen LogP contribution in [0.5, 0.6) is 0 Å². The number of hydrogen-bond acceptors (Lipinski definition) is 4. The van der Waals surface area contributed by atoms with Crippen LogP contribution in [0.15, 0.2) is 35.6 Å². The number of nitrogens with one attached hydrogen (secondary N) is 2. The lowest BCUT2D eigenvalue weighted by Crippen LogP contribution is -2.39. The first-order valence-corrected chi connectivity index (χ1v) is 9.40. The van der Waals surface area contributed by atoms with E-state index in [2.05, 4.69) is 61.8 Å². The Bertz CT molecular complexity index is 722. The second-order valence-electron chi connectivity index (χ2n) is 6.57. The van der Waals surface area contributed by atoms with E-state index in [0.29, 0.717) is 6.54 Å². The molecule has 0 aliphatic carbocycles. The largest absolute Gasteiger partial charge is 0.357 e. The highest BCUT2D eigenvalue weighted by Crippen LogP contribution is 2.18. The number of guanidine groups is 1. The van der Waals surface area contributed by atoms with E-state index < -0.39 is 0 Å². The van der Waals surface area contributed by atoms with Gasteiger partial charge in [-0.05, 0) is 30.9 Å². The van der Waals surface area contributed by atoms with Crippen molar-refractivity contribution >= 4 is 5.96 Å². The number of aliphatic imine (C=N–C) groups is 1. The number of aromatic nitrogens is 3. The summed E-state index contributed by atoms with van der Waals surface area (Å²) in [5.74, 6) is 1.69. The summed E-state index contributed by atoms with van der Waals surface area (Å²) < 4.78 is 1.75. The molecule has 3 rings (SSSR count). The maximum atomic E-state index is 4.59. The predicted molar refractivity (Wildman–Crippen MR) is 104 cm³/mol. The first-order chi connectivity index (χ1) is 12.8. The molecule has 0 atom stereocenters. The van der Waals surface area contributed by atoms with E-state index >= 15 is 0 Å². The van der Waals surface area contributed by atoms with Crippen LogP contribution in [0.1, 0.15) is 30.3 Å². The lowest BCUT2D eigenvalue weighted by Gasteiger charge is -2.28. The molecule has 2 aromatic rings. The zero-order valence-electron chi connectivity index (χ0n) is 15.8. The van der Waals surface area contributed by atoms with Crippen molar-refractivity contribution < 1.29 is 0 Å². The van der Waals surface area contributed by atoms with Crippen LogP contribution in [0.25, 0.3) is 0 Å². The SMILES string of the molecule is CCNC(=NCc1ncnn1C)NCCCN1CCc2ccccc2C1. The Morgan fingerprint density at radius 1 is 1.23 bits per heavy atom. The van der Waals surface area contributed by atoms with E-state index in [1.165, 1.54) is 11.1 Å². The third-order valence-corrected chi connectivity index (χ3v) is 4.68. The fourth-order valence-electron chi connectivity index (χ4n) is 3.21. The molecule has 0 saturated carbocycles. The van der Waals surface area contributed by atoms with E-state index in [0.717, 1.165) is 57.3 Å². The smallest absolute Gasteiger partial charge is 0.191 e. The predicted octanol–water partition coefficient (Wildman–Crippen LogP) is 1.32. The maximum absolute atomic E-state index is 4.59. The van der Waals surface area contributed by atoms with Gasteiger partial charge >= 0.3 is 0 Å². The van der Waals surface area contributed by atoms with Crippen molar-refractivity contribution in [1.82, 2.24) is 30.3 Å². The second-order valence-corrected chi connectivity index (χ2v) is 6.57. The highest BCUT2D eigenvalue weighted by molar-refractivity contribution is 5.79. The summed E-state index contributed by atoms with van der Waals surface area (Å²) in [5.41, 5.74) is 2.98. The Labute approximate surface area is 155 Å². The molecule has 0 radical (unpaired) electrons. The first-order valence-electron chi connectivity index (χ1n) is 9.40. The van der Waals surface area contributed by atoms with Crippen molar-refractivity contribution in [2.75, 3.05) is 26.2 Å². The van der Waals surface area contributed by atoms with Gasteiger partial charge in [-0.2, -0.15) is 5.10 Å². The van der Waals surface area contributed by atoms with Crippen molar-refractivity contribution in [3.05, 3.63) is 47.5 Å².